The molecule has 0 amide bonds. The van der Waals surface area contributed by atoms with E-state index >= 15 is 0 Å². The van der Waals surface area contributed by atoms with Crippen molar-refractivity contribution in [1.82, 2.24) is 0 Å². The molecular weight excluding hydrogens is 180 g/mol. The van der Waals surface area contributed by atoms with Crippen LogP contribution >= 0.6 is 0 Å². The van der Waals surface area contributed by atoms with E-state index in [1.165, 1.54) is 38.5 Å². The lowest BCUT2D eigenvalue weighted by Crippen LogP contribution is -1.99. The molecule has 0 aromatic rings. The maximum absolute atomic E-state index is 9.87. The molecule has 0 aromatic carbocycles. The number of carbonyl (C=O) groups is 1. The fourth-order valence-corrected chi connectivity index (χ4v) is 1.39. The second-order valence-corrected chi connectivity index (χ2v) is 3.57. The molecule has 0 rings (SSSR count). The molecule has 0 heterocycles. The van der Waals surface area contributed by atoms with Gasteiger partial charge in [-0.3, -0.25) is 0 Å². The number of rotatable bonds is 9. The van der Waals surface area contributed by atoms with Crippen molar-refractivity contribution in [3.8, 4) is 0 Å². The number of unbranched alkanes of at least 4 members (excludes halogenated alkanes) is 7. The molecule has 0 saturated heterocycles. The highest BCUT2D eigenvalue weighted by Crippen LogP contribution is 2.08. The SMILES string of the molecule is CCCCCCCCCCOC([O])=O. The minimum atomic E-state index is -1.41. The number of carbonyl (C=O) groups excluding carboxylic acids is 1. The van der Waals surface area contributed by atoms with E-state index in [0.29, 0.717) is 0 Å². The maximum atomic E-state index is 9.87. The normalized spacial score (nSPS) is 10.1. The van der Waals surface area contributed by atoms with Crippen LogP contribution in [0.15, 0.2) is 0 Å². The Balaban J connectivity index is 2.88. The van der Waals surface area contributed by atoms with Crippen LogP contribution in [-0.4, -0.2) is 12.8 Å². The van der Waals surface area contributed by atoms with E-state index in [0.717, 1.165) is 12.8 Å². The third-order valence-corrected chi connectivity index (χ3v) is 2.22. The second-order valence-electron chi connectivity index (χ2n) is 3.57. The monoisotopic (exact) mass is 201 g/mol. The summed E-state index contributed by atoms with van der Waals surface area (Å²) in [6.07, 6.45) is 8.13. The van der Waals surface area contributed by atoms with E-state index in [9.17, 15) is 9.90 Å². The molecule has 0 spiro atoms. The second kappa shape index (κ2) is 10.4. The van der Waals surface area contributed by atoms with Crippen molar-refractivity contribution < 1.29 is 14.6 Å². The fraction of sp³-hybridized carbons (Fsp3) is 0.909. The molecule has 0 bridgehead atoms. The molecular formula is C11H21O3. The van der Waals surface area contributed by atoms with Crippen LogP contribution in [0.3, 0.4) is 0 Å². The molecule has 0 atom stereocenters. The Hall–Kier alpha value is -0.730. The summed E-state index contributed by atoms with van der Waals surface area (Å²) in [6, 6.07) is 0. The van der Waals surface area contributed by atoms with Gasteiger partial charge in [0.1, 0.15) is 0 Å². The van der Waals surface area contributed by atoms with Crippen molar-refractivity contribution in [3.63, 3.8) is 0 Å². The van der Waals surface area contributed by atoms with Gasteiger partial charge in [-0.2, -0.15) is 9.90 Å². The Morgan fingerprint density at radius 1 is 0.929 bits per heavy atom. The van der Waals surface area contributed by atoms with E-state index in [2.05, 4.69) is 11.7 Å². The molecule has 0 unspecified atom stereocenters. The van der Waals surface area contributed by atoms with Crippen molar-refractivity contribution in [1.29, 1.82) is 0 Å². The van der Waals surface area contributed by atoms with Gasteiger partial charge in [0, 0.05) is 0 Å². The van der Waals surface area contributed by atoms with Crippen LogP contribution in [0.25, 0.3) is 0 Å². The smallest absolute Gasteiger partial charge is 0.432 e. The summed E-state index contributed by atoms with van der Waals surface area (Å²) in [5.74, 6) is 0. The average Bonchev–Trinajstić information content (AvgIpc) is 2.15. The lowest BCUT2D eigenvalue weighted by Gasteiger charge is -2.00. The molecule has 0 saturated carbocycles. The summed E-state index contributed by atoms with van der Waals surface area (Å²) >= 11 is 0. The average molecular weight is 201 g/mol. The Bertz CT molecular complexity index is 134. The van der Waals surface area contributed by atoms with Gasteiger partial charge in [0.25, 0.3) is 0 Å². The largest absolute Gasteiger partial charge is 0.549 e. The third kappa shape index (κ3) is 11.3. The van der Waals surface area contributed by atoms with E-state index < -0.39 is 6.16 Å². The topological polar surface area (TPSA) is 46.2 Å². The number of hydrogen-bond donors (Lipinski definition) is 0. The van der Waals surface area contributed by atoms with Crippen LogP contribution < -0.4 is 0 Å². The van der Waals surface area contributed by atoms with Gasteiger partial charge in [-0.15, -0.1) is 0 Å². The van der Waals surface area contributed by atoms with Crippen molar-refractivity contribution in [2.24, 2.45) is 0 Å². The summed E-state index contributed by atoms with van der Waals surface area (Å²) in [7, 11) is 0. The maximum Gasteiger partial charge on any atom is 0.549 e. The highest BCUT2D eigenvalue weighted by atomic mass is 16.7. The first-order chi connectivity index (χ1) is 6.77. The summed E-state index contributed by atoms with van der Waals surface area (Å²) in [5.41, 5.74) is 0. The predicted octanol–water partition coefficient (Wildman–Crippen LogP) is 3.69. The van der Waals surface area contributed by atoms with Gasteiger partial charge in [0.05, 0.1) is 6.61 Å². The van der Waals surface area contributed by atoms with Gasteiger partial charge >= 0.3 is 6.16 Å². The van der Waals surface area contributed by atoms with E-state index in [1.807, 2.05) is 0 Å². The van der Waals surface area contributed by atoms with Crippen LogP contribution in [-0.2, 0) is 9.84 Å². The zero-order chi connectivity index (χ0) is 10.6. The van der Waals surface area contributed by atoms with Crippen molar-refractivity contribution in [2.45, 2.75) is 58.3 Å². The van der Waals surface area contributed by atoms with Gasteiger partial charge < -0.3 is 4.74 Å². The summed E-state index contributed by atoms with van der Waals surface area (Å²) in [4.78, 5) is 9.87. The summed E-state index contributed by atoms with van der Waals surface area (Å²) in [5, 5.41) is 9.87. The van der Waals surface area contributed by atoms with Gasteiger partial charge in [0.15, 0.2) is 0 Å². The molecule has 0 aliphatic carbocycles. The molecule has 0 fully saturated rings. The van der Waals surface area contributed by atoms with Crippen LogP contribution in [0.2, 0.25) is 0 Å². The first kappa shape index (κ1) is 13.3. The molecule has 3 heteroatoms. The Morgan fingerprint density at radius 3 is 1.93 bits per heavy atom. The van der Waals surface area contributed by atoms with Crippen molar-refractivity contribution in [3.05, 3.63) is 0 Å². The Morgan fingerprint density at radius 2 is 1.43 bits per heavy atom. The zero-order valence-electron chi connectivity index (χ0n) is 9.09. The highest BCUT2D eigenvalue weighted by Gasteiger charge is 1.97. The minimum absolute atomic E-state index is 0.289. The standard InChI is InChI=1S/C11H21O3/c1-2-3-4-5-6-7-8-9-10-14-11(12)13/h2-10H2,1H3. The molecule has 3 nitrogen and oxygen atoms in total. The van der Waals surface area contributed by atoms with Gasteiger partial charge in [-0.1, -0.05) is 51.9 Å². The van der Waals surface area contributed by atoms with Gasteiger partial charge in [0.2, 0.25) is 0 Å². The highest BCUT2D eigenvalue weighted by molar-refractivity contribution is 5.56. The summed E-state index contributed by atoms with van der Waals surface area (Å²) in [6.45, 7) is 2.49. The third-order valence-electron chi connectivity index (χ3n) is 2.22. The lowest BCUT2D eigenvalue weighted by atomic mass is 10.1. The fourth-order valence-electron chi connectivity index (χ4n) is 1.39. The molecule has 0 N–H and O–H groups in total. The number of hydrogen-bond acceptors (Lipinski definition) is 2. The van der Waals surface area contributed by atoms with E-state index in [4.69, 9.17) is 0 Å². The molecule has 83 valence electrons. The summed E-state index contributed by atoms with van der Waals surface area (Å²) < 4.78 is 4.29. The molecule has 1 radical (unpaired) electrons. The van der Waals surface area contributed by atoms with Gasteiger partial charge in [-0.25, -0.2) is 0 Å². The first-order valence-electron chi connectivity index (χ1n) is 5.61. The van der Waals surface area contributed by atoms with Crippen LogP contribution in [0.4, 0.5) is 4.79 Å². The molecule has 14 heavy (non-hydrogen) atoms. The van der Waals surface area contributed by atoms with E-state index in [-0.39, 0.29) is 6.61 Å². The predicted molar refractivity (Wildman–Crippen MR) is 54.6 cm³/mol. The first-order valence-corrected chi connectivity index (χ1v) is 5.61. The van der Waals surface area contributed by atoms with E-state index in [1.54, 1.807) is 0 Å². The van der Waals surface area contributed by atoms with Crippen LogP contribution in [0.1, 0.15) is 58.3 Å². The molecule has 0 aromatic heterocycles. The number of ether oxygens (including phenoxy) is 1. The zero-order valence-corrected chi connectivity index (χ0v) is 9.09. The minimum Gasteiger partial charge on any atom is -0.432 e. The van der Waals surface area contributed by atoms with Crippen LogP contribution in [0.5, 0.6) is 0 Å². The Kier molecular flexibility index (Phi) is 9.81. The quantitative estimate of drug-likeness (QED) is 0.422. The molecule has 0 aliphatic rings. The Labute approximate surface area is 86.5 Å². The lowest BCUT2D eigenvalue weighted by molar-refractivity contribution is 0.0664. The van der Waals surface area contributed by atoms with Crippen molar-refractivity contribution >= 4 is 6.16 Å². The molecule has 0 aliphatic heterocycles. The van der Waals surface area contributed by atoms with Crippen LogP contribution in [0, 0.1) is 0 Å². The van der Waals surface area contributed by atoms with Gasteiger partial charge in [-0.05, 0) is 6.42 Å². The van der Waals surface area contributed by atoms with Crippen molar-refractivity contribution in [2.75, 3.05) is 6.61 Å².